The van der Waals surface area contributed by atoms with Gasteiger partial charge >= 0.3 is 5.97 Å². The maximum absolute atomic E-state index is 12.4. The SMILES string of the molecule is C=CCN(CC)C(=O)C(C(=O)OCC)C(C)(C)C. The summed E-state index contributed by atoms with van der Waals surface area (Å²) in [7, 11) is 0. The summed E-state index contributed by atoms with van der Waals surface area (Å²) in [4.78, 5) is 26.0. The molecule has 0 aliphatic carbocycles. The highest BCUT2D eigenvalue weighted by Gasteiger charge is 2.40. The molecule has 0 saturated carbocycles. The Labute approximate surface area is 110 Å². The Morgan fingerprint density at radius 1 is 1.33 bits per heavy atom. The number of esters is 1. The number of rotatable bonds is 6. The Hall–Kier alpha value is -1.32. The van der Waals surface area contributed by atoms with Crippen LogP contribution in [0.1, 0.15) is 34.6 Å². The highest BCUT2D eigenvalue weighted by atomic mass is 16.5. The van der Waals surface area contributed by atoms with Gasteiger partial charge < -0.3 is 9.64 Å². The van der Waals surface area contributed by atoms with E-state index in [1.807, 2.05) is 27.7 Å². The van der Waals surface area contributed by atoms with Crippen molar-refractivity contribution in [3.05, 3.63) is 12.7 Å². The lowest BCUT2D eigenvalue weighted by atomic mass is 9.79. The van der Waals surface area contributed by atoms with Gasteiger partial charge in [-0.05, 0) is 19.3 Å². The number of nitrogens with zero attached hydrogens (tertiary/aromatic N) is 1. The van der Waals surface area contributed by atoms with Gasteiger partial charge in [0, 0.05) is 13.1 Å². The first kappa shape index (κ1) is 16.7. The molecule has 104 valence electrons. The molecule has 0 heterocycles. The molecule has 0 aromatic heterocycles. The van der Waals surface area contributed by atoms with Crippen LogP contribution >= 0.6 is 0 Å². The van der Waals surface area contributed by atoms with Crippen molar-refractivity contribution in [3.63, 3.8) is 0 Å². The molecule has 0 N–H and O–H groups in total. The molecule has 1 atom stereocenters. The van der Waals surface area contributed by atoms with Gasteiger partial charge in [0.2, 0.25) is 5.91 Å². The first-order valence-corrected chi connectivity index (χ1v) is 6.35. The quantitative estimate of drug-likeness (QED) is 0.415. The molecule has 0 bridgehead atoms. The van der Waals surface area contributed by atoms with Gasteiger partial charge in [-0.15, -0.1) is 6.58 Å². The zero-order valence-electron chi connectivity index (χ0n) is 12.2. The summed E-state index contributed by atoms with van der Waals surface area (Å²) >= 11 is 0. The number of carbonyl (C=O) groups is 2. The van der Waals surface area contributed by atoms with Crippen molar-refractivity contribution < 1.29 is 14.3 Å². The molecule has 4 nitrogen and oxygen atoms in total. The fourth-order valence-electron chi connectivity index (χ4n) is 1.76. The lowest BCUT2D eigenvalue weighted by Crippen LogP contribution is -2.45. The van der Waals surface area contributed by atoms with Crippen molar-refractivity contribution in [2.24, 2.45) is 11.3 Å². The Balaban J connectivity index is 5.13. The number of hydrogen-bond donors (Lipinski definition) is 0. The summed E-state index contributed by atoms with van der Waals surface area (Å²) in [6, 6.07) is 0. The van der Waals surface area contributed by atoms with Crippen LogP contribution in [0.15, 0.2) is 12.7 Å². The van der Waals surface area contributed by atoms with E-state index in [1.165, 1.54) is 0 Å². The van der Waals surface area contributed by atoms with Crippen LogP contribution in [0.2, 0.25) is 0 Å². The zero-order chi connectivity index (χ0) is 14.3. The first-order valence-electron chi connectivity index (χ1n) is 6.35. The monoisotopic (exact) mass is 255 g/mol. The van der Waals surface area contributed by atoms with Crippen LogP contribution in [-0.4, -0.2) is 36.5 Å². The van der Waals surface area contributed by atoms with Crippen molar-refractivity contribution in [1.29, 1.82) is 0 Å². The van der Waals surface area contributed by atoms with Crippen LogP contribution in [0.4, 0.5) is 0 Å². The third kappa shape index (κ3) is 4.51. The van der Waals surface area contributed by atoms with E-state index in [2.05, 4.69) is 6.58 Å². The fraction of sp³-hybridized carbons (Fsp3) is 0.714. The van der Waals surface area contributed by atoms with Crippen LogP contribution in [0.5, 0.6) is 0 Å². The molecule has 0 aromatic carbocycles. The number of hydrogen-bond acceptors (Lipinski definition) is 3. The van der Waals surface area contributed by atoms with Crippen molar-refractivity contribution in [3.8, 4) is 0 Å². The second-order valence-electron chi connectivity index (χ2n) is 5.22. The molecule has 1 unspecified atom stereocenters. The molecule has 1 amide bonds. The van der Waals surface area contributed by atoms with E-state index >= 15 is 0 Å². The molecular weight excluding hydrogens is 230 g/mol. The highest BCUT2D eigenvalue weighted by molar-refractivity contribution is 5.98. The van der Waals surface area contributed by atoms with E-state index in [0.717, 1.165) is 0 Å². The molecule has 0 aliphatic heterocycles. The van der Waals surface area contributed by atoms with Gasteiger partial charge in [-0.25, -0.2) is 0 Å². The van der Waals surface area contributed by atoms with E-state index < -0.39 is 17.3 Å². The topological polar surface area (TPSA) is 46.6 Å². The summed E-state index contributed by atoms with van der Waals surface area (Å²) in [6.07, 6.45) is 1.66. The molecule has 0 aliphatic rings. The van der Waals surface area contributed by atoms with Crippen LogP contribution < -0.4 is 0 Å². The van der Waals surface area contributed by atoms with E-state index in [-0.39, 0.29) is 12.5 Å². The molecule has 0 saturated heterocycles. The minimum atomic E-state index is -0.766. The average Bonchev–Trinajstić information content (AvgIpc) is 2.24. The Morgan fingerprint density at radius 2 is 1.89 bits per heavy atom. The summed E-state index contributed by atoms with van der Waals surface area (Å²) < 4.78 is 5.01. The summed E-state index contributed by atoms with van der Waals surface area (Å²) in [5.41, 5.74) is -0.460. The minimum absolute atomic E-state index is 0.191. The summed E-state index contributed by atoms with van der Waals surface area (Å²) in [5.74, 6) is -1.40. The predicted octanol–water partition coefficient (Wildman–Crippen LogP) is 2.25. The van der Waals surface area contributed by atoms with Crippen LogP contribution in [-0.2, 0) is 14.3 Å². The van der Waals surface area contributed by atoms with Crippen molar-refractivity contribution in [2.75, 3.05) is 19.7 Å². The van der Waals surface area contributed by atoms with Gasteiger partial charge in [-0.3, -0.25) is 9.59 Å². The number of carbonyl (C=O) groups excluding carboxylic acids is 2. The smallest absolute Gasteiger partial charge is 0.319 e. The van der Waals surface area contributed by atoms with Gasteiger partial charge in [0.05, 0.1) is 6.61 Å². The third-order valence-electron chi connectivity index (χ3n) is 2.68. The molecule has 0 spiro atoms. The van der Waals surface area contributed by atoms with Gasteiger partial charge in [0.15, 0.2) is 0 Å². The number of ether oxygens (including phenoxy) is 1. The van der Waals surface area contributed by atoms with Gasteiger partial charge in [0.25, 0.3) is 0 Å². The minimum Gasteiger partial charge on any atom is -0.465 e. The summed E-state index contributed by atoms with van der Waals surface area (Å²) in [5, 5.41) is 0. The van der Waals surface area contributed by atoms with Crippen molar-refractivity contribution in [2.45, 2.75) is 34.6 Å². The van der Waals surface area contributed by atoms with Crippen molar-refractivity contribution >= 4 is 11.9 Å². The highest BCUT2D eigenvalue weighted by Crippen LogP contribution is 2.29. The second-order valence-corrected chi connectivity index (χ2v) is 5.22. The van der Waals surface area contributed by atoms with E-state index in [0.29, 0.717) is 13.1 Å². The first-order chi connectivity index (χ1) is 8.29. The Kier molecular flexibility index (Phi) is 6.66. The molecule has 0 rings (SSSR count). The standard InChI is InChI=1S/C14H25NO3/c1-7-10-15(8-2)12(16)11(14(4,5)6)13(17)18-9-3/h7,11H,1,8-10H2,2-6H3. The largest absolute Gasteiger partial charge is 0.465 e. The second kappa shape index (κ2) is 7.19. The Bertz CT molecular complexity index is 305. The maximum atomic E-state index is 12.4. The fourth-order valence-corrected chi connectivity index (χ4v) is 1.76. The van der Waals surface area contributed by atoms with E-state index in [9.17, 15) is 9.59 Å². The molecule has 0 fully saturated rings. The number of likely N-dealkylation sites (N-methyl/N-ethyl adjacent to an activating group) is 1. The molecular formula is C14H25NO3. The Morgan fingerprint density at radius 3 is 2.22 bits per heavy atom. The van der Waals surface area contributed by atoms with Crippen LogP contribution in [0, 0.1) is 11.3 Å². The molecule has 4 heteroatoms. The average molecular weight is 255 g/mol. The number of amides is 1. The lowest BCUT2D eigenvalue weighted by Gasteiger charge is -2.32. The van der Waals surface area contributed by atoms with E-state index in [4.69, 9.17) is 4.74 Å². The third-order valence-corrected chi connectivity index (χ3v) is 2.68. The molecule has 0 aromatic rings. The van der Waals surface area contributed by atoms with Crippen molar-refractivity contribution in [1.82, 2.24) is 4.90 Å². The summed E-state index contributed by atoms with van der Waals surface area (Å²) in [6.45, 7) is 14.1. The molecule has 18 heavy (non-hydrogen) atoms. The van der Waals surface area contributed by atoms with Gasteiger partial charge in [0.1, 0.15) is 5.92 Å². The van der Waals surface area contributed by atoms with Gasteiger partial charge in [-0.1, -0.05) is 26.8 Å². The normalized spacial score (nSPS) is 12.7. The maximum Gasteiger partial charge on any atom is 0.319 e. The van der Waals surface area contributed by atoms with Crippen LogP contribution in [0.25, 0.3) is 0 Å². The van der Waals surface area contributed by atoms with Crippen LogP contribution in [0.3, 0.4) is 0 Å². The van der Waals surface area contributed by atoms with Gasteiger partial charge in [-0.2, -0.15) is 0 Å². The predicted molar refractivity (Wildman–Crippen MR) is 72.0 cm³/mol. The van der Waals surface area contributed by atoms with E-state index in [1.54, 1.807) is 17.9 Å². The zero-order valence-corrected chi connectivity index (χ0v) is 12.2. The molecule has 0 radical (unpaired) electrons. The lowest BCUT2D eigenvalue weighted by molar-refractivity contribution is -0.160.